The number of halogens is 1. The minimum absolute atomic E-state index is 0.126. The van der Waals surface area contributed by atoms with Gasteiger partial charge in [-0.2, -0.15) is 9.30 Å². The molecule has 0 aliphatic carbocycles. The average Bonchev–Trinajstić information content (AvgIpc) is 3.19. The van der Waals surface area contributed by atoms with Crippen LogP contribution in [0.2, 0.25) is 5.02 Å². The number of unbranched alkanes of at least 4 members (excludes halogenated alkanes) is 1. The summed E-state index contributed by atoms with van der Waals surface area (Å²) in [6.45, 7) is 7.09. The predicted molar refractivity (Wildman–Crippen MR) is 142 cm³/mol. The minimum Gasteiger partial charge on any atom is -0.313 e. The van der Waals surface area contributed by atoms with Gasteiger partial charge in [0.25, 0.3) is 5.91 Å². The Balaban J connectivity index is 1.61. The first-order valence-electron chi connectivity index (χ1n) is 11.9. The topological polar surface area (TPSA) is 71.7 Å². The molecule has 0 radical (unpaired) electrons. The lowest BCUT2D eigenvalue weighted by atomic mass is 9.99. The van der Waals surface area contributed by atoms with Gasteiger partial charge in [0.1, 0.15) is 0 Å². The number of nitrogens with zero attached hydrogens (tertiary/aromatic N) is 3. The van der Waals surface area contributed by atoms with Gasteiger partial charge in [0.2, 0.25) is 10.0 Å². The number of benzene rings is 2. The summed E-state index contributed by atoms with van der Waals surface area (Å²) in [5.74, 6) is -0.759. The fraction of sp³-hybridized carbons (Fsp3) is 0.385. The summed E-state index contributed by atoms with van der Waals surface area (Å²) in [6.07, 6.45) is 6.32. The van der Waals surface area contributed by atoms with E-state index in [9.17, 15) is 13.2 Å². The zero-order valence-corrected chi connectivity index (χ0v) is 22.2. The van der Waals surface area contributed by atoms with Crippen molar-refractivity contribution in [3.05, 3.63) is 70.5 Å². The number of amides is 1. The molecule has 0 N–H and O–H groups in total. The Morgan fingerprint density at radius 2 is 2.03 bits per heavy atom. The van der Waals surface area contributed by atoms with Gasteiger partial charge >= 0.3 is 0 Å². The van der Waals surface area contributed by atoms with E-state index in [1.54, 1.807) is 18.2 Å². The van der Waals surface area contributed by atoms with Gasteiger partial charge in [0.05, 0.1) is 21.0 Å². The van der Waals surface area contributed by atoms with Gasteiger partial charge in [-0.25, -0.2) is 8.42 Å². The van der Waals surface area contributed by atoms with Crippen molar-refractivity contribution in [2.45, 2.75) is 50.5 Å². The van der Waals surface area contributed by atoms with Crippen LogP contribution in [0, 0.1) is 5.92 Å². The highest BCUT2D eigenvalue weighted by atomic mass is 35.5. The molecule has 0 saturated carbocycles. The van der Waals surface area contributed by atoms with Crippen LogP contribution in [-0.2, 0) is 27.8 Å². The van der Waals surface area contributed by atoms with Gasteiger partial charge in [0.15, 0.2) is 4.80 Å². The van der Waals surface area contributed by atoms with Crippen molar-refractivity contribution in [2.24, 2.45) is 10.9 Å². The Bertz CT molecular complexity index is 1390. The van der Waals surface area contributed by atoms with Crippen molar-refractivity contribution in [1.82, 2.24) is 8.87 Å². The zero-order chi connectivity index (χ0) is 25.0. The number of hydrogen-bond donors (Lipinski definition) is 0. The maximum atomic E-state index is 13.2. The van der Waals surface area contributed by atoms with Crippen molar-refractivity contribution in [3.8, 4) is 0 Å². The molecular weight excluding hydrogens is 502 g/mol. The number of carbonyl (C=O) groups is 1. The first kappa shape index (κ1) is 25.8. The van der Waals surface area contributed by atoms with Gasteiger partial charge in [0, 0.05) is 24.7 Å². The smallest absolute Gasteiger partial charge is 0.252 e. The summed E-state index contributed by atoms with van der Waals surface area (Å²) in [6, 6.07) is 12.5. The van der Waals surface area contributed by atoms with Crippen LogP contribution >= 0.6 is 22.9 Å². The molecule has 35 heavy (non-hydrogen) atoms. The summed E-state index contributed by atoms with van der Waals surface area (Å²) in [5, 5.41) is 0.475. The van der Waals surface area contributed by atoms with Crippen LogP contribution in [0.1, 0.15) is 38.2 Å². The highest BCUT2D eigenvalue weighted by Crippen LogP contribution is 2.26. The number of allylic oxidation sites excluding steroid dienone is 1. The lowest BCUT2D eigenvalue weighted by molar-refractivity contribution is -0.122. The fourth-order valence-corrected chi connectivity index (χ4v) is 7.11. The highest BCUT2D eigenvalue weighted by molar-refractivity contribution is 7.89. The highest BCUT2D eigenvalue weighted by Gasteiger charge is 2.33. The molecule has 186 valence electrons. The van der Waals surface area contributed by atoms with Crippen LogP contribution in [0.15, 0.2) is 65.0 Å². The summed E-state index contributed by atoms with van der Waals surface area (Å²) >= 11 is 7.40. The molecule has 1 aliphatic heterocycles. The molecule has 1 amide bonds. The normalized spacial score (nSPS) is 17.7. The Morgan fingerprint density at radius 1 is 1.26 bits per heavy atom. The quantitative estimate of drug-likeness (QED) is 0.365. The maximum Gasteiger partial charge on any atom is 0.252 e. The summed E-state index contributed by atoms with van der Waals surface area (Å²) in [7, 11) is -3.70. The van der Waals surface area contributed by atoms with Crippen LogP contribution in [0.5, 0.6) is 0 Å². The van der Waals surface area contributed by atoms with Crippen LogP contribution in [0.25, 0.3) is 10.2 Å². The molecule has 0 spiro atoms. The monoisotopic (exact) mass is 531 g/mol. The van der Waals surface area contributed by atoms with E-state index < -0.39 is 15.9 Å². The van der Waals surface area contributed by atoms with E-state index in [1.807, 2.05) is 4.57 Å². The van der Waals surface area contributed by atoms with E-state index in [1.165, 1.54) is 33.3 Å². The number of thiazole rings is 1. The van der Waals surface area contributed by atoms with Crippen LogP contribution in [-0.4, -0.2) is 36.3 Å². The second-order valence-corrected chi connectivity index (χ2v) is 12.2. The third-order valence-corrected chi connectivity index (χ3v) is 9.44. The minimum atomic E-state index is -3.70. The van der Waals surface area contributed by atoms with Crippen LogP contribution in [0.4, 0.5) is 0 Å². The van der Waals surface area contributed by atoms with Gasteiger partial charge in [-0.1, -0.05) is 48.4 Å². The van der Waals surface area contributed by atoms with Crippen LogP contribution in [0.3, 0.4) is 0 Å². The number of sulfonamides is 1. The summed E-state index contributed by atoms with van der Waals surface area (Å²) < 4.78 is 30.7. The molecular formula is C26H30ClN3O3S2. The molecule has 6 nitrogen and oxygen atoms in total. The molecule has 1 aromatic heterocycles. The van der Waals surface area contributed by atoms with E-state index in [0.29, 0.717) is 35.8 Å². The van der Waals surface area contributed by atoms with Crippen LogP contribution < -0.4 is 4.80 Å². The number of aromatic nitrogens is 1. The number of carbonyl (C=O) groups excluding carboxylic acids is 1. The number of hydrogen-bond acceptors (Lipinski definition) is 4. The Kier molecular flexibility index (Phi) is 8.27. The molecule has 1 aliphatic rings. The van der Waals surface area contributed by atoms with Crippen molar-refractivity contribution in [1.29, 1.82) is 0 Å². The van der Waals surface area contributed by atoms with E-state index in [4.69, 9.17) is 11.6 Å². The molecule has 2 aromatic carbocycles. The lowest BCUT2D eigenvalue weighted by Crippen LogP contribution is -2.42. The third kappa shape index (κ3) is 5.77. The van der Waals surface area contributed by atoms with Crippen molar-refractivity contribution in [2.75, 3.05) is 13.1 Å². The summed E-state index contributed by atoms with van der Waals surface area (Å²) in [4.78, 5) is 18.5. The van der Waals surface area contributed by atoms with Gasteiger partial charge in [-0.3, -0.25) is 4.79 Å². The molecule has 3 aromatic rings. The van der Waals surface area contributed by atoms with Gasteiger partial charge < -0.3 is 4.57 Å². The van der Waals surface area contributed by atoms with Crippen molar-refractivity contribution >= 4 is 49.1 Å². The predicted octanol–water partition coefficient (Wildman–Crippen LogP) is 5.41. The van der Waals surface area contributed by atoms with E-state index in [0.717, 1.165) is 29.5 Å². The molecule has 1 unspecified atom stereocenters. The summed E-state index contributed by atoms with van der Waals surface area (Å²) in [5.41, 5.74) is 2.30. The third-order valence-electron chi connectivity index (χ3n) is 6.27. The zero-order valence-electron chi connectivity index (χ0n) is 19.8. The first-order chi connectivity index (χ1) is 16.8. The molecule has 1 saturated heterocycles. The fourth-order valence-electron chi connectivity index (χ4n) is 4.35. The Labute approximate surface area is 215 Å². The van der Waals surface area contributed by atoms with E-state index >= 15 is 0 Å². The lowest BCUT2D eigenvalue weighted by Gasteiger charge is -2.30. The number of fused-ring (bicyclic) bond motifs is 1. The van der Waals surface area contributed by atoms with Gasteiger partial charge in [-0.05, 0) is 67.6 Å². The Hall–Kier alpha value is -2.26. The molecule has 2 heterocycles. The number of piperidine rings is 1. The largest absolute Gasteiger partial charge is 0.313 e. The number of rotatable bonds is 8. The average molecular weight is 532 g/mol. The second-order valence-electron chi connectivity index (χ2n) is 8.80. The Morgan fingerprint density at radius 3 is 2.74 bits per heavy atom. The molecule has 9 heteroatoms. The van der Waals surface area contributed by atoms with E-state index in [2.05, 4.69) is 36.7 Å². The van der Waals surface area contributed by atoms with E-state index in [-0.39, 0.29) is 17.3 Å². The number of aryl methyl sites for hydroxylation is 1. The molecule has 1 atom stereocenters. The molecule has 4 rings (SSSR count). The maximum absolute atomic E-state index is 13.2. The van der Waals surface area contributed by atoms with Gasteiger partial charge in [-0.15, -0.1) is 6.58 Å². The standard InChI is InChI=1S/C26H30ClN3O3S2/c1-3-5-7-19-9-14-23-24(17-19)34-26(30(23)15-4-2)28-25(31)20-8-6-16-29(18-20)35(32,33)22-12-10-21(27)11-13-22/h4,9-14,17,20H,2-3,5-8,15-16,18H2,1H3. The van der Waals surface area contributed by atoms with Crippen molar-refractivity contribution < 1.29 is 13.2 Å². The van der Waals surface area contributed by atoms with Crippen molar-refractivity contribution in [3.63, 3.8) is 0 Å². The molecule has 0 bridgehead atoms. The first-order valence-corrected chi connectivity index (χ1v) is 14.5. The second kappa shape index (κ2) is 11.2. The SMILES string of the molecule is C=CCn1c(=NC(=O)C2CCCN(S(=O)(=O)c3ccc(Cl)cc3)C2)sc2cc(CCCC)ccc21. The molecule has 1 fully saturated rings.